The van der Waals surface area contributed by atoms with Crippen LogP contribution in [0.3, 0.4) is 0 Å². The molecule has 3 aromatic carbocycles. The molecule has 1 aliphatic heterocycles. The molecule has 10 heteroatoms. The van der Waals surface area contributed by atoms with Crippen molar-refractivity contribution in [1.29, 1.82) is 5.26 Å². The number of aromatic nitrogens is 2. The van der Waals surface area contributed by atoms with Crippen molar-refractivity contribution >= 4 is 34.9 Å². The van der Waals surface area contributed by atoms with Gasteiger partial charge in [0.05, 0.1) is 18.1 Å². The van der Waals surface area contributed by atoms with E-state index in [1.807, 2.05) is 48.2 Å². The number of piperazine rings is 1. The third kappa shape index (κ3) is 6.07. The molecule has 1 saturated heterocycles. The predicted octanol–water partition coefficient (Wildman–Crippen LogP) is 5.47. The summed E-state index contributed by atoms with van der Waals surface area (Å²) < 4.78 is 29.1. The van der Waals surface area contributed by atoms with Crippen molar-refractivity contribution in [2.75, 3.05) is 24.5 Å². The summed E-state index contributed by atoms with van der Waals surface area (Å²) in [5.74, 6) is 0.815. The van der Waals surface area contributed by atoms with Crippen LogP contribution < -0.4 is 9.64 Å². The molecule has 0 unspecified atom stereocenters. The van der Waals surface area contributed by atoms with Gasteiger partial charge in [-0.1, -0.05) is 48.5 Å². The predicted molar refractivity (Wildman–Crippen MR) is 147 cm³/mol. The first-order valence-electron chi connectivity index (χ1n) is 12.3. The Morgan fingerprint density at radius 2 is 1.72 bits per heavy atom. The molecule has 1 aromatic heterocycles. The van der Waals surface area contributed by atoms with E-state index in [4.69, 9.17) is 5.26 Å². The molecule has 0 aliphatic carbocycles. The lowest BCUT2D eigenvalue weighted by Crippen LogP contribution is -2.54. The van der Waals surface area contributed by atoms with Gasteiger partial charge in [-0.15, -0.1) is 22.6 Å². The normalized spacial score (nSPS) is 15.1. The molecule has 1 amide bonds. The zero-order chi connectivity index (χ0) is 26.6. The Bertz CT molecular complexity index is 1490. The van der Waals surface area contributed by atoms with Crippen LogP contribution in [0.1, 0.15) is 18.1 Å². The van der Waals surface area contributed by atoms with Crippen molar-refractivity contribution in [2.45, 2.75) is 26.0 Å². The molecule has 1 aliphatic rings. The Kier molecular flexibility index (Phi) is 8.57. The lowest BCUT2D eigenvalue weighted by Gasteiger charge is -2.40. The Morgan fingerprint density at radius 1 is 1.03 bits per heavy atom. The molecule has 200 valence electrons. The molecule has 0 radical (unpaired) electrons. The second kappa shape index (κ2) is 12.0. The molecule has 7 nitrogen and oxygen atoms in total. The summed E-state index contributed by atoms with van der Waals surface area (Å²) in [5.41, 5.74) is 2.96. The number of hydrogen-bond acceptors (Lipinski definition) is 6. The van der Waals surface area contributed by atoms with E-state index in [0.717, 1.165) is 33.4 Å². The largest absolute Gasteiger partial charge is 0.435 e. The molecule has 39 heavy (non-hydrogen) atoms. The highest BCUT2D eigenvalue weighted by molar-refractivity contribution is 6.00. The SMILES string of the molecule is C[C@H]1CN(c2nnc(-c3ccc(C#N)cc3)c3ccccc23)CCN1C(=O)Cc1ccc(OC(F)F)cc1.Cl. The number of benzene rings is 3. The number of carbonyl (C=O) groups is 1. The average molecular weight is 550 g/mol. The minimum Gasteiger partial charge on any atom is -0.435 e. The molecule has 2 heterocycles. The van der Waals surface area contributed by atoms with Gasteiger partial charge in [0.1, 0.15) is 11.4 Å². The quantitative estimate of drug-likeness (QED) is 0.317. The molecular weight excluding hydrogens is 524 g/mol. The number of ether oxygens (including phenoxy) is 1. The molecule has 0 saturated carbocycles. The summed E-state index contributed by atoms with van der Waals surface area (Å²) in [7, 11) is 0. The Hall–Kier alpha value is -4.29. The number of halogens is 3. The van der Waals surface area contributed by atoms with Crippen LogP contribution in [0.4, 0.5) is 14.6 Å². The zero-order valence-corrected chi connectivity index (χ0v) is 21.9. The lowest BCUT2D eigenvalue weighted by atomic mass is 10.0. The van der Waals surface area contributed by atoms with E-state index in [1.165, 1.54) is 12.1 Å². The second-order valence-electron chi connectivity index (χ2n) is 9.19. The van der Waals surface area contributed by atoms with E-state index in [1.54, 1.807) is 24.3 Å². The fraction of sp³-hybridized carbons (Fsp3) is 0.241. The number of carbonyl (C=O) groups excluding carboxylic acids is 1. The highest BCUT2D eigenvalue weighted by Gasteiger charge is 2.29. The topological polar surface area (TPSA) is 82.4 Å². The number of alkyl halides is 2. The summed E-state index contributed by atoms with van der Waals surface area (Å²) in [6.45, 7) is 0.853. The number of anilines is 1. The van der Waals surface area contributed by atoms with Gasteiger partial charge in [-0.3, -0.25) is 4.79 Å². The first kappa shape index (κ1) is 27.7. The van der Waals surface area contributed by atoms with Crippen LogP contribution >= 0.6 is 12.4 Å². The molecule has 1 atom stereocenters. The zero-order valence-electron chi connectivity index (χ0n) is 21.1. The fourth-order valence-corrected chi connectivity index (χ4v) is 4.82. The van der Waals surface area contributed by atoms with Gasteiger partial charge < -0.3 is 14.5 Å². The van der Waals surface area contributed by atoms with Crippen molar-refractivity contribution < 1.29 is 18.3 Å². The maximum Gasteiger partial charge on any atom is 0.387 e. The van der Waals surface area contributed by atoms with Gasteiger partial charge in [0.2, 0.25) is 5.91 Å². The van der Waals surface area contributed by atoms with Crippen LogP contribution in [-0.4, -0.2) is 53.3 Å². The molecule has 0 spiro atoms. The van der Waals surface area contributed by atoms with Crippen LogP contribution in [0, 0.1) is 11.3 Å². The number of nitriles is 1. The highest BCUT2D eigenvalue weighted by atomic mass is 35.5. The summed E-state index contributed by atoms with van der Waals surface area (Å²) in [5, 5.41) is 20.2. The van der Waals surface area contributed by atoms with Gasteiger partial charge >= 0.3 is 6.61 Å². The molecular formula is C29H26ClF2N5O2. The number of fused-ring (bicyclic) bond motifs is 1. The first-order chi connectivity index (χ1) is 18.4. The maximum absolute atomic E-state index is 13.1. The van der Waals surface area contributed by atoms with Gasteiger partial charge in [0.25, 0.3) is 0 Å². The highest BCUT2D eigenvalue weighted by Crippen LogP contribution is 2.32. The Labute approximate surface area is 231 Å². The van der Waals surface area contributed by atoms with Crippen LogP contribution in [0.5, 0.6) is 5.75 Å². The molecule has 1 fully saturated rings. The van der Waals surface area contributed by atoms with Crippen LogP contribution in [0.25, 0.3) is 22.0 Å². The molecule has 0 bridgehead atoms. The van der Waals surface area contributed by atoms with Crippen molar-refractivity contribution in [3.05, 3.63) is 83.9 Å². The molecule has 4 aromatic rings. The summed E-state index contributed by atoms with van der Waals surface area (Å²) in [4.78, 5) is 17.1. The van der Waals surface area contributed by atoms with Crippen LogP contribution in [0.15, 0.2) is 72.8 Å². The van der Waals surface area contributed by atoms with E-state index in [-0.39, 0.29) is 36.5 Å². The van der Waals surface area contributed by atoms with Gasteiger partial charge in [-0.25, -0.2) is 0 Å². The molecule has 5 rings (SSSR count). The van der Waals surface area contributed by atoms with Crippen molar-refractivity contribution in [1.82, 2.24) is 15.1 Å². The number of hydrogen-bond donors (Lipinski definition) is 0. The Morgan fingerprint density at radius 3 is 2.36 bits per heavy atom. The monoisotopic (exact) mass is 549 g/mol. The number of nitrogens with zero attached hydrogens (tertiary/aromatic N) is 5. The first-order valence-corrected chi connectivity index (χ1v) is 12.3. The Balaban J connectivity index is 0.00000353. The van der Waals surface area contributed by atoms with Gasteiger partial charge in [0, 0.05) is 42.0 Å². The molecule has 0 N–H and O–H groups in total. The van der Waals surface area contributed by atoms with E-state index < -0.39 is 6.61 Å². The van der Waals surface area contributed by atoms with Crippen molar-refractivity contribution in [3.8, 4) is 23.1 Å². The maximum atomic E-state index is 13.1. The van der Waals surface area contributed by atoms with E-state index in [9.17, 15) is 13.6 Å². The summed E-state index contributed by atoms with van der Waals surface area (Å²) in [6, 6.07) is 23.5. The van der Waals surface area contributed by atoms with Crippen molar-refractivity contribution in [2.24, 2.45) is 0 Å². The smallest absolute Gasteiger partial charge is 0.387 e. The fourth-order valence-electron chi connectivity index (χ4n) is 4.82. The second-order valence-corrected chi connectivity index (χ2v) is 9.19. The van der Waals surface area contributed by atoms with E-state index >= 15 is 0 Å². The van der Waals surface area contributed by atoms with Crippen LogP contribution in [0.2, 0.25) is 0 Å². The summed E-state index contributed by atoms with van der Waals surface area (Å²) in [6.07, 6.45) is 0.182. The lowest BCUT2D eigenvalue weighted by molar-refractivity contribution is -0.132. The van der Waals surface area contributed by atoms with Crippen molar-refractivity contribution in [3.63, 3.8) is 0 Å². The minimum atomic E-state index is -2.88. The summed E-state index contributed by atoms with van der Waals surface area (Å²) >= 11 is 0. The third-order valence-corrected chi connectivity index (χ3v) is 6.71. The van der Waals surface area contributed by atoms with E-state index in [2.05, 4.69) is 25.9 Å². The third-order valence-electron chi connectivity index (χ3n) is 6.71. The van der Waals surface area contributed by atoms with Crippen LogP contribution in [-0.2, 0) is 11.2 Å². The number of amides is 1. The van der Waals surface area contributed by atoms with Gasteiger partial charge in [0.15, 0.2) is 5.82 Å². The standard InChI is InChI=1S/C29H25F2N5O2.ClH/c1-19-18-35(14-15-36(19)26(37)16-20-8-12-23(13-9-20)38-29(30)31)28-25-5-3-2-4-24(25)27(33-34-28)22-10-6-21(17-32)7-11-22;/h2-13,19,29H,14-16,18H2,1H3;1H/t19-;/m0./s1. The minimum absolute atomic E-state index is 0. The van der Waals surface area contributed by atoms with Gasteiger partial charge in [-0.05, 0) is 36.8 Å². The average Bonchev–Trinajstić information content (AvgIpc) is 2.93. The van der Waals surface area contributed by atoms with E-state index in [0.29, 0.717) is 25.2 Å². The number of rotatable bonds is 6. The van der Waals surface area contributed by atoms with Gasteiger partial charge in [-0.2, -0.15) is 14.0 Å².